The maximum atomic E-state index is 12.5. The summed E-state index contributed by atoms with van der Waals surface area (Å²) in [5.41, 5.74) is -3.42. The van der Waals surface area contributed by atoms with Crippen LogP contribution < -0.4 is 5.32 Å². The Morgan fingerprint density at radius 2 is 1.05 bits per heavy atom. The Morgan fingerprint density at radius 3 is 1.38 bits per heavy atom. The Balaban J connectivity index is 1.90. The maximum Gasteiger partial charge on any atom is 0.328 e. The molecular weight excluding hydrogens is 286 g/mol. The zero-order valence-electron chi connectivity index (χ0n) is 10.6. The first-order valence-corrected chi connectivity index (χ1v) is 6.27. The molecule has 5 saturated heterocycles. The number of urea groups is 2. The Kier molecular flexibility index (Phi) is 1.58. The van der Waals surface area contributed by atoms with Gasteiger partial charge in [0.2, 0.25) is 0 Å². The molecule has 5 rings (SSSR count). The molecule has 5 heterocycles. The highest BCUT2D eigenvalue weighted by Gasteiger charge is 2.90. The van der Waals surface area contributed by atoms with Crippen LogP contribution in [-0.4, -0.2) is 81.7 Å². The van der Waals surface area contributed by atoms with Gasteiger partial charge in [-0.25, -0.2) is 9.59 Å². The molecule has 0 aliphatic carbocycles. The largest absolute Gasteiger partial charge is 0.340 e. The second-order valence-corrected chi connectivity index (χ2v) is 5.33. The van der Waals surface area contributed by atoms with E-state index in [1.807, 2.05) is 0 Å². The van der Waals surface area contributed by atoms with Crippen LogP contribution in [0.5, 0.6) is 0 Å². The lowest BCUT2D eigenvalue weighted by atomic mass is 9.94. The Hall–Kier alpha value is -2.40. The van der Waals surface area contributed by atoms with Crippen molar-refractivity contribution in [2.24, 2.45) is 0 Å². The van der Waals surface area contributed by atoms with Crippen molar-refractivity contribution in [2.45, 2.75) is 11.3 Å². The Morgan fingerprint density at radius 1 is 0.714 bits per heavy atom. The summed E-state index contributed by atoms with van der Waals surface area (Å²) in [6.07, 6.45) is 0. The minimum Gasteiger partial charge on any atom is -0.340 e. The zero-order chi connectivity index (χ0) is 14.6. The molecule has 0 atom stereocenters. The molecule has 5 fully saturated rings. The van der Waals surface area contributed by atoms with Crippen molar-refractivity contribution in [1.29, 1.82) is 0 Å². The third kappa shape index (κ3) is 0.770. The molecule has 11 heteroatoms. The van der Waals surface area contributed by atoms with Crippen LogP contribution in [0.3, 0.4) is 0 Å². The van der Waals surface area contributed by atoms with Gasteiger partial charge in [-0.05, 0) is 0 Å². The van der Waals surface area contributed by atoms with Crippen molar-refractivity contribution >= 4 is 23.9 Å². The van der Waals surface area contributed by atoms with E-state index in [1.165, 1.54) is 0 Å². The van der Waals surface area contributed by atoms with Gasteiger partial charge in [0.15, 0.2) is 0 Å². The molecule has 0 radical (unpaired) electrons. The van der Waals surface area contributed by atoms with Crippen molar-refractivity contribution in [3.05, 3.63) is 0 Å². The molecular formula is C10H9N5O6. The van der Waals surface area contributed by atoms with E-state index in [1.54, 1.807) is 0 Å². The number of ether oxygens (including phenoxy) is 2. The Bertz CT molecular complexity index is 566. The van der Waals surface area contributed by atoms with E-state index >= 15 is 0 Å². The summed E-state index contributed by atoms with van der Waals surface area (Å²) in [7, 11) is 0. The van der Waals surface area contributed by atoms with Crippen LogP contribution in [0.25, 0.3) is 0 Å². The molecule has 0 aromatic heterocycles. The van der Waals surface area contributed by atoms with Gasteiger partial charge in [0.1, 0.15) is 26.9 Å². The molecule has 0 unspecified atom stereocenters. The highest BCUT2D eigenvalue weighted by atomic mass is 16.5. The average molecular weight is 295 g/mol. The van der Waals surface area contributed by atoms with Gasteiger partial charge in [0.05, 0.1) is 0 Å². The number of amides is 6. The third-order valence-corrected chi connectivity index (χ3v) is 4.71. The van der Waals surface area contributed by atoms with Crippen molar-refractivity contribution in [2.75, 3.05) is 26.9 Å². The smallest absolute Gasteiger partial charge is 0.328 e. The van der Waals surface area contributed by atoms with Crippen LogP contribution in [0.2, 0.25) is 0 Å². The molecule has 0 aromatic carbocycles. The van der Waals surface area contributed by atoms with Crippen molar-refractivity contribution in [1.82, 2.24) is 24.9 Å². The number of rotatable bonds is 0. The highest BCUT2D eigenvalue weighted by Crippen LogP contribution is 2.56. The molecule has 6 amide bonds. The summed E-state index contributed by atoms with van der Waals surface area (Å²) < 4.78 is 10.5. The lowest BCUT2D eigenvalue weighted by Gasteiger charge is -2.43. The molecule has 0 aromatic rings. The molecule has 5 aliphatic heterocycles. The minimum atomic E-state index is -1.71. The standard InChI is InChI=1S/C10H9N5O6/c16-5-9-10(6(17)11-5)14-3-21-4-15(10)8(19)13(9)2-20-1-12(9)7(14)18/h1-4H2,(H,11,16,17)/t9-,10+. The number of carbonyl (C=O) groups excluding carboxylic acids is 4. The first-order valence-electron chi connectivity index (χ1n) is 6.27. The average Bonchev–Trinajstić information content (AvgIpc) is 2.96. The predicted molar refractivity (Wildman–Crippen MR) is 58.4 cm³/mol. The fourth-order valence-electron chi connectivity index (χ4n) is 4.01. The van der Waals surface area contributed by atoms with Crippen molar-refractivity contribution < 1.29 is 28.7 Å². The molecule has 11 nitrogen and oxygen atoms in total. The fraction of sp³-hybridized carbons (Fsp3) is 0.600. The van der Waals surface area contributed by atoms with E-state index in [-0.39, 0.29) is 26.9 Å². The minimum absolute atomic E-state index is 0.171. The van der Waals surface area contributed by atoms with Crippen LogP contribution in [-0.2, 0) is 19.1 Å². The van der Waals surface area contributed by atoms with Crippen molar-refractivity contribution in [3.8, 4) is 0 Å². The summed E-state index contributed by atoms with van der Waals surface area (Å²) in [5, 5.41) is 2.24. The number of nitrogens with zero attached hydrogens (tertiary/aromatic N) is 4. The van der Waals surface area contributed by atoms with Gasteiger partial charge >= 0.3 is 12.1 Å². The van der Waals surface area contributed by atoms with E-state index in [4.69, 9.17) is 9.47 Å². The molecule has 1 N–H and O–H groups in total. The van der Waals surface area contributed by atoms with Gasteiger partial charge in [0.25, 0.3) is 23.1 Å². The SMILES string of the molecule is O=C1N2COCN3C(=O)N4COCN1[C@]41C(=O)NC(=O)[C@]231. The number of carbonyl (C=O) groups is 4. The first kappa shape index (κ1) is 11.3. The van der Waals surface area contributed by atoms with Gasteiger partial charge in [-0.2, -0.15) is 0 Å². The number of hydrogen-bond acceptors (Lipinski definition) is 6. The van der Waals surface area contributed by atoms with Crippen molar-refractivity contribution in [3.63, 3.8) is 0 Å². The number of imide groups is 1. The second kappa shape index (κ2) is 2.94. The van der Waals surface area contributed by atoms with Gasteiger partial charge < -0.3 is 9.47 Å². The topological polar surface area (TPSA) is 112 Å². The summed E-state index contributed by atoms with van der Waals surface area (Å²) >= 11 is 0. The van der Waals surface area contributed by atoms with Crippen LogP contribution in [0.1, 0.15) is 0 Å². The maximum absolute atomic E-state index is 12.5. The van der Waals surface area contributed by atoms with Crippen LogP contribution in [0, 0.1) is 0 Å². The van der Waals surface area contributed by atoms with Gasteiger partial charge in [-0.1, -0.05) is 0 Å². The first-order chi connectivity index (χ1) is 10.1. The van der Waals surface area contributed by atoms with E-state index in [2.05, 4.69) is 5.32 Å². The van der Waals surface area contributed by atoms with Crippen LogP contribution in [0.15, 0.2) is 0 Å². The summed E-state index contributed by atoms with van der Waals surface area (Å²) in [6, 6.07) is -1.14. The van der Waals surface area contributed by atoms with E-state index < -0.39 is 35.2 Å². The monoisotopic (exact) mass is 295 g/mol. The quantitative estimate of drug-likeness (QED) is 0.490. The van der Waals surface area contributed by atoms with E-state index in [9.17, 15) is 19.2 Å². The van der Waals surface area contributed by atoms with Crippen LogP contribution >= 0.6 is 0 Å². The normalized spacial score (nSPS) is 40.0. The number of nitrogens with one attached hydrogen (secondary N) is 1. The summed E-state index contributed by atoms with van der Waals surface area (Å²) in [5.74, 6) is -1.38. The summed E-state index contributed by atoms with van der Waals surface area (Å²) in [6.45, 7) is -0.685. The van der Waals surface area contributed by atoms with Gasteiger partial charge in [0, 0.05) is 0 Å². The van der Waals surface area contributed by atoms with Gasteiger partial charge in [-0.15, -0.1) is 0 Å². The lowest BCUT2D eigenvalue weighted by molar-refractivity contribution is -0.190. The molecule has 0 saturated carbocycles. The second-order valence-electron chi connectivity index (χ2n) is 5.33. The number of hydrogen-bond donors (Lipinski definition) is 1. The highest BCUT2D eigenvalue weighted by molar-refractivity contribution is 6.22. The molecule has 5 aliphatic rings. The van der Waals surface area contributed by atoms with Crippen LogP contribution in [0.4, 0.5) is 9.59 Å². The van der Waals surface area contributed by atoms with E-state index in [0.717, 1.165) is 19.6 Å². The lowest BCUT2D eigenvalue weighted by Crippen LogP contribution is -2.73. The third-order valence-electron chi connectivity index (χ3n) is 4.71. The molecule has 0 bridgehead atoms. The molecule has 21 heavy (non-hydrogen) atoms. The van der Waals surface area contributed by atoms with Gasteiger partial charge in [-0.3, -0.25) is 34.5 Å². The summed E-state index contributed by atoms with van der Waals surface area (Å²) in [4.78, 5) is 54.6. The predicted octanol–water partition coefficient (Wildman–Crippen LogP) is -2.60. The van der Waals surface area contributed by atoms with E-state index in [0.29, 0.717) is 0 Å². The Labute approximate surface area is 116 Å². The molecule has 110 valence electrons. The molecule has 2 spiro atoms. The fourth-order valence-corrected chi connectivity index (χ4v) is 4.01. The zero-order valence-corrected chi connectivity index (χ0v) is 10.6.